The van der Waals surface area contributed by atoms with Crippen LogP contribution < -0.4 is 4.72 Å². The predicted molar refractivity (Wildman–Crippen MR) is 100 cm³/mol. The summed E-state index contributed by atoms with van der Waals surface area (Å²) >= 11 is 7.12. The second-order valence-electron chi connectivity index (χ2n) is 5.22. The van der Waals surface area contributed by atoms with Gasteiger partial charge in [-0.05, 0) is 25.5 Å². The van der Waals surface area contributed by atoms with Crippen LogP contribution in [0.4, 0.5) is 0 Å². The van der Waals surface area contributed by atoms with Crippen LogP contribution in [0.2, 0.25) is 0 Å². The first-order valence-electron chi connectivity index (χ1n) is 7.42. The van der Waals surface area contributed by atoms with Crippen LogP contribution in [0.15, 0.2) is 39.7 Å². The van der Waals surface area contributed by atoms with Crippen molar-refractivity contribution in [2.45, 2.75) is 49.3 Å². The summed E-state index contributed by atoms with van der Waals surface area (Å²) < 4.78 is 27.9. The van der Waals surface area contributed by atoms with Gasteiger partial charge in [0.25, 0.3) is 0 Å². The van der Waals surface area contributed by atoms with Gasteiger partial charge in [-0.15, -0.1) is 0 Å². The summed E-state index contributed by atoms with van der Waals surface area (Å²) in [6.07, 6.45) is 6.46. The number of sulfonamides is 1. The molecule has 1 N–H and O–H groups in total. The largest absolute Gasteiger partial charge is 0.240 e. The maximum absolute atomic E-state index is 12.1. The number of hydrogen-bond donors (Lipinski definition) is 1. The monoisotopic (exact) mass is 451 g/mol. The van der Waals surface area contributed by atoms with Gasteiger partial charge in [-0.2, -0.15) is 0 Å². The summed E-state index contributed by atoms with van der Waals surface area (Å²) in [7, 11) is -3.45. The molecule has 0 radical (unpaired) electrons. The van der Waals surface area contributed by atoms with E-state index in [1.807, 2.05) is 13.0 Å². The van der Waals surface area contributed by atoms with E-state index in [0.717, 1.165) is 22.9 Å². The van der Waals surface area contributed by atoms with Gasteiger partial charge in [-0.25, -0.2) is 13.1 Å². The van der Waals surface area contributed by atoms with Crippen LogP contribution in [0.25, 0.3) is 0 Å². The summed E-state index contributed by atoms with van der Waals surface area (Å²) in [5.41, 5.74) is 1.04. The van der Waals surface area contributed by atoms with E-state index >= 15 is 0 Å². The van der Waals surface area contributed by atoms with E-state index in [9.17, 15) is 8.42 Å². The number of nitrogens with one attached hydrogen (secondary N) is 1. The molecule has 0 amide bonds. The molecule has 1 atom stereocenters. The van der Waals surface area contributed by atoms with Crippen molar-refractivity contribution in [2.24, 2.45) is 0 Å². The molecule has 3 nitrogen and oxygen atoms in total. The molecule has 0 saturated heterocycles. The van der Waals surface area contributed by atoms with Gasteiger partial charge in [-0.3, -0.25) is 0 Å². The molecule has 0 fully saturated rings. The Hall–Kier alpha value is -0.170. The van der Waals surface area contributed by atoms with Crippen molar-refractivity contribution >= 4 is 41.9 Å². The van der Waals surface area contributed by atoms with Crippen molar-refractivity contribution in [1.29, 1.82) is 0 Å². The molecule has 0 bridgehead atoms. The van der Waals surface area contributed by atoms with Crippen LogP contribution in [-0.4, -0.2) is 19.8 Å². The minimum Gasteiger partial charge on any atom is -0.207 e. The molecule has 0 saturated carbocycles. The summed E-state index contributed by atoms with van der Waals surface area (Å²) in [6.45, 7) is 4.37. The van der Waals surface area contributed by atoms with Gasteiger partial charge >= 0.3 is 0 Å². The van der Waals surface area contributed by atoms with Gasteiger partial charge in [0.05, 0.1) is 4.90 Å². The minimum atomic E-state index is -3.45. The van der Waals surface area contributed by atoms with Crippen molar-refractivity contribution < 1.29 is 8.42 Å². The highest BCUT2D eigenvalue weighted by Gasteiger charge is 2.13. The number of rotatable bonds is 9. The number of unbranched alkanes of at least 4 members (excludes halogenated alkanes) is 2. The lowest BCUT2D eigenvalue weighted by Crippen LogP contribution is -2.24. The Morgan fingerprint density at radius 1 is 1.27 bits per heavy atom. The molecule has 0 aliphatic carbocycles. The van der Waals surface area contributed by atoms with Crippen molar-refractivity contribution in [3.63, 3.8) is 0 Å². The van der Waals surface area contributed by atoms with Crippen LogP contribution in [0.1, 0.15) is 38.2 Å². The highest BCUT2D eigenvalue weighted by molar-refractivity contribution is 9.14. The summed E-state index contributed by atoms with van der Waals surface area (Å²) in [5, 5.41) is 0. The van der Waals surface area contributed by atoms with Gasteiger partial charge in [-0.1, -0.05) is 81.8 Å². The molecule has 1 unspecified atom stereocenters. The molecule has 0 aliphatic heterocycles. The second kappa shape index (κ2) is 9.85. The maximum Gasteiger partial charge on any atom is 0.240 e. The third kappa shape index (κ3) is 6.94. The van der Waals surface area contributed by atoms with Crippen LogP contribution in [-0.2, 0) is 10.0 Å². The average molecular weight is 453 g/mol. The predicted octanol–water partition coefficient (Wildman–Crippen LogP) is 4.90. The van der Waals surface area contributed by atoms with Crippen LogP contribution in [0.5, 0.6) is 0 Å². The van der Waals surface area contributed by atoms with Crippen LogP contribution in [0, 0.1) is 6.92 Å². The lowest BCUT2D eigenvalue weighted by molar-refractivity contribution is 0.585. The molecular formula is C16H23Br2NO2S. The molecule has 6 heteroatoms. The zero-order valence-corrected chi connectivity index (χ0v) is 17.0. The fourth-order valence-electron chi connectivity index (χ4n) is 1.89. The fourth-order valence-corrected chi connectivity index (χ4v) is 3.75. The van der Waals surface area contributed by atoms with Crippen LogP contribution in [0.3, 0.4) is 0 Å². The molecular weight excluding hydrogens is 430 g/mol. The normalized spacial score (nSPS) is 14.1. The first-order valence-corrected chi connectivity index (χ1v) is 10.6. The maximum atomic E-state index is 12.1. The number of hydrogen-bond acceptors (Lipinski definition) is 2. The minimum absolute atomic E-state index is 0.239. The van der Waals surface area contributed by atoms with Crippen molar-refractivity contribution in [2.75, 3.05) is 6.54 Å². The molecule has 1 aromatic rings. The molecule has 0 heterocycles. The van der Waals surface area contributed by atoms with Crippen LogP contribution >= 0.6 is 31.9 Å². The third-order valence-corrected chi connectivity index (χ3v) is 7.14. The SMILES string of the molecule is CCCCCC(Br)/C(Br)=C/CNS(=O)(=O)c1ccc(C)cc1. The Morgan fingerprint density at radius 3 is 2.50 bits per heavy atom. The Kier molecular flexibility index (Phi) is 8.90. The Labute approximate surface area is 150 Å². The highest BCUT2D eigenvalue weighted by atomic mass is 79.9. The molecule has 0 spiro atoms. The van der Waals surface area contributed by atoms with E-state index in [1.165, 1.54) is 12.8 Å². The smallest absolute Gasteiger partial charge is 0.207 e. The summed E-state index contributed by atoms with van der Waals surface area (Å²) in [5.74, 6) is 0. The second-order valence-corrected chi connectivity index (χ2v) is 9.01. The Morgan fingerprint density at radius 2 is 1.91 bits per heavy atom. The van der Waals surface area contributed by atoms with Gasteiger partial charge in [0.15, 0.2) is 0 Å². The zero-order chi connectivity index (χ0) is 16.6. The van der Waals surface area contributed by atoms with Gasteiger partial charge in [0.2, 0.25) is 10.0 Å². The Bertz CT molecular complexity index is 583. The number of aryl methyl sites for hydroxylation is 1. The molecule has 1 rings (SSSR count). The number of halogens is 2. The highest BCUT2D eigenvalue weighted by Crippen LogP contribution is 2.23. The summed E-state index contributed by atoms with van der Waals surface area (Å²) in [4.78, 5) is 0.531. The number of allylic oxidation sites excluding steroid dienone is 1. The van der Waals surface area contributed by atoms with Gasteiger partial charge in [0.1, 0.15) is 0 Å². The van der Waals surface area contributed by atoms with Crippen molar-refractivity contribution in [1.82, 2.24) is 4.72 Å². The number of alkyl halides is 1. The molecule has 22 heavy (non-hydrogen) atoms. The van der Waals surface area contributed by atoms with Crippen molar-refractivity contribution in [3.05, 3.63) is 40.4 Å². The fraction of sp³-hybridized carbons (Fsp3) is 0.500. The molecule has 0 aromatic heterocycles. The molecule has 1 aromatic carbocycles. The molecule has 124 valence electrons. The van der Waals surface area contributed by atoms with Gasteiger partial charge in [0, 0.05) is 15.9 Å². The van der Waals surface area contributed by atoms with Gasteiger partial charge < -0.3 is 0 Å². The average Bonchev–Trinajstić information content (AvgIpc) is 2.47. The quantitative estimate of drug-likeness (QED) is 0.428. The van der Waals surface area contributed by atoms with E-state index in [1.54, 1.807) is 24.3 Å². The third-order valence-electron chi connectivity index (χ3n) is 3.26. The standard InChI is InChI=1S/C16H23Br2NO2S/c1-3-4-5-6-15(17)16(18)11-12-19-22(20,21)14-9-7-13(2)8-10-14/h7-11,15,19H,3-6,12H2,1-2H3/b16-11-. The molecule has 0 aliphatic rings. The summed E-state index contributed by atoms with van der Waals surface area (Å²) in [6, 6.07) is 6.83. The topological polar surface area (TPSA) is 46.2 Å². The van der Waals surface area contributed by atoms with Crippen molar-refractivity contribution in [3.8, 4) is 0 Å². The van der Waals surface area contributed by atoms with E-state index < -0.39 is 10.0 Å². The Balaban J connectivity index is 2.54. The lowest BCUT2D eigenvalue weighted by atomic mass is 10.1. The zero-order valence-electron chi connectivity index (χ0n) is 13.0. The van der Waals surface area contributed by atoms with E-state index in [4.69, 9.17) is 0 Å². The lowest BCUT2D eigenvalue weighted by Gasteiger charge is -2.09. The van der Waals surface area contributed by atoms with E-state index in [-0.39, 0.29) is 11.4 Å². The van der Waals surface area contributed by atoms with E-state index in [2.05, 4.69) is 43.5 Å². The first kappa shape index (κ1) is 19.9. The first-order chi connectivity index (χ1) is 10.4. The number of benzene rings is 1. The van der Waals surface area contributed by atoms with E-state index in [0.29, 0.717) is 4.90 Å².